The third kappa shape index (κ3) is 3.70. The van der Waals surface area contributed by atoms with E-state index in [0.29, 0.717) is 24.5 Å². The van der Waals surface area contributed by atoms with E-state index in [1.165, 1.54) is 19.4 Å². The van der Waals surface area contributed by atoms with E-state index in [-0.39, 0.29) is 5.54 Å². The second kappa shape index (κ2) is 5.33. The molecule has 1 saturated heterocycles. The number of hydrogen-bond acceptors (Lipinski definition) is 6. The molecule has 6 nitrogen and oxygen atoms in total. The fourth-order valence-corrected chi connectivity index (χ4v) is 2.58. The molecule has 0 amide bonds. The first-order valence-corrected chi connectivity index (χ1v) is 7.57. The highest BCUT2D eigenvalue weighted by Gasteiger charge is 2.34. The van der Waals surface area contributed by atoms with Crippen molar-refractivity contribution < 1.29 is 4.42 Å². The van der Waals surface area contributed by atoms with Crippen LogP contribution in [0.2, 0.25) is 0 Å². The molecule has 1 atom stereocenters. The highest BCUT2D eigenvalue weighted by molar-refractivity contribution is 5.21. The fraction of sp³-hybridized carbons (Fsp3) is 0.857. The molecule has 1 aromatic heterocycles. The van der Waals surface area contributed by atoms with Crippen molar-refractivity contribution in [1.82, 2.24) is 20.4 Å². The van der Waals surface area contributed by atoms with Gasteiger partial charge >= 0.3 is 6.01 Å². The van der Waals surface area contributed by atoms with Crippen molar-refractivity contribution in [2.75, 3.05) is 18.4 Å². The van der Waals surface area contributed by atoms with Gasteiger partial charge in [0.2, 0.25) is 5.89 Å². The summed E-state index contributed by atoms with van der Waals surface area (Å²) in [5, 5.41) is 14.9. The van der Waals surface area contributed by atoms with E-state index in [2.05, 4.69) is 46.5 Å². The average molecular weight is 279 g/mol. The Hall–Kier alpha value is -1.14. The number of nitrogens with zero attached hydrogens (tertiary/aromatic N) is 3. The SMILES string of the molecule is CC(C)(C)NCc1nnc(NC2CCN(C3CC3)C2)o1. The molecular formula is C14H25N5O. The molecule has 2 N–H and O–H groups in total. The standard InChI is InChI=1S/C14H25N5O/c1-14(2,3)15-8-12-17-18-13(20-12)16-10-6-7-19(9-10)11-4-5-11/h10-11,15H,4-9H2,1-3H3,(H,16,18). The topological polar surface area (TPSA) is 66.2 Å². The van der Waals surface area contributed by atoms with Crippen molar-refractivity contribution in [2.24, 2.45) is 0 Å². The van der Waals surface area contributed by atoms with Crippen LogP contribution < -0.4 is 10.6 Å². The number of aromatic nitrogens is 2. The first-order chi connectivity index (χ1) is 9.49. The molecule has 1 unspecified atom stereocenters. The van der Waals surface area contributed by atoms with Crippen LogP contribution in [0.1, 0.15) is 45.9 Å². The van der Waals surface area contributed by atoms with E-state index in [1.807, 2.05) is 0 Å². The van der Waals surface area contributed by atoms with Crippen LogP contribution in [-0.4, -0.2) is 45.8 Å². The molecule has 1 aliphatic heterocycles. The van der Waals surface area contributed by atoms with Crippen molar-refractivity contribution >= 4 is 6.01 Å². The molecule has 1 aromatic rings. The van der Waals surface area contributed by atoms with Gasteiger partial charge in [-0.2, -0.15) is 0 Å². The minimum Gasteiger partial charge on any atom is -0.407 e. The summed E-state index contributed by atoms with van der Waals surface area (Å²) >= 11 is 0. The molecule has 0 spiro atoms. The summed E-state index contributed by atoms with van der Waals surface area (Å²) in [4.78, 5) is 2.57. The Morgan fingerprint density at radius 1 is 1.25 bits per heavy atom. The van der Waals surface area contributed by atoms with Crippen LogP contribution in [0.4, 0.5) is 6.01 Å². The molecule has 3 rings (SSSR count). The number of anilines is 1. The van der Waals surface area contributed by atoms with Gasteiger partial charge in [0.05, 0.1) is 6.54 Å². The Labute approximate surface area is 120 Å². The van der Waals surface area contributed by atoms with Crippen LogP contribution >= 0.6 is 0 Å². The highest BCUT2D eigenvalue weighted by atomic mass is 16.4. The summed E-state index contributed by atoms with van der Waals surface area (Å²) in [5.74, 6) is 0.638. The summed E-state index contributed by atoms with van der Waals surface area (Å²) in [5.41, 5.74) is 0.0538. The molecule has 0 bridgehead atoms. The molecule has 2 fully saturated rings. The molecule has 2 aliphatic rings. The van der Waals surface area contributed by atoms with Gasteiger partial charge in [0.15, 0.2) is 0 Å². The van der Waals surface area contributed by atoms with Gasteiger partial charge in [0, 0.05) is 30.7 Å². The zero-order valence-corrected chi connectivity index (χ0v) is 12.6. The maximum Gasteiger partial charge on any atom is 0.315 e. The molecule has 0 radical (unpaired) electrons. The monoisotopic (exact) mass is 279 g/mol. The summed E-state index contributed by atoms with van der Waals surface area (Å²) in [6.45, 7) is 9.25. The van der Waals surface area contributed by atoms with Crippen molar-refractivity contribution in [1.29, 1.82) is 0 Å². The van der Waals surface area contributed by atoms with Crippen LogP contribution in [0.5, 0.6) is 0 Å². The van der Waals surface area contributed by atoms with Crippen molar-refractivity contribution in [3.63, 3.8) is 0 Å². The van der Waals surface area contributed by atoms with Crippen LogP contribution in [0.3, 0.4) is 0 Å². The van der Waals surface area contributed by atoms with E-state index < -0.39 is 0 Å². The molecule has 1 saturated carbocycles. The van der Waals surface area contributed by atoms with Gasteiger partial charge in [-0.1, -0.05) is 5.10 Å². The predicted octanol–water partition coefficient (Wildman–Crippen LogP) is 1.61. The Morgan fingerprint density at radius 2 is 2.05 bits per heavy atom. The highest BCUT2D eigenvalue weighted by Crippen LogP contribution is 2.30. The van der Waals surface area contributed by atoms with E-state index in [9.17, 15) is 0 Å². The predicted molar refractivity (Wildman–Crippen MR) is 77.5 cm³/mol. The average Bonchev–Trinajstić information content (AvgIpc) is 2.95. The maximum absolute atomic E-state index is 5.64. The maximum atomic E-state index is 5.64. The third-order valence-corrected chi connectivity index (χ3v) is 3.85. The minimum absolute atomic E-state index is 0.0538. The van der Waals surface area contributed by atoms with Gasteiger partial charge < -0.3 is 15.1 Å². The lowest BCUT2D eigenvalue weighted by atomic mass is 10.1. The Balaban J connectivity index is 1.47. The largest absolute Gasteiger partial charge is 0.407 e. The molecule has 2 heterocycles. The van der Waals surface area contributed by atoms with Gasteiger partial charge in [-0.3, -0.25) is 4.90 Å². The molecule has 6 heteroatoms. The lowest BCUT2D eigenvalue weighted by Crippen LogP contribution is -2.35. The van der Waals surface area contributed by atoms with Crippen LogP contribution in [0, 0.1) is 0 Å². The fourth-order valence-electron chi connectivity index (χ4n) is 2.58. The first-order valence-electron chi connectivity index (χ1n) is 7.57. The summed E-state index contributed by atoms with van der Waals surface area (Å²) in [6.07, 6.45) is 3.90. The lowest BCUT2D eigenvalue weighted by molar-refractivity contribution is 0.325. The molecule has 0 aromatic carbocycles. The Bertz CT molecular complexity index is 449. The van der Waals surface area contributed by atoms with Gasteiger partial charge in [0.1, 0.15) is 0 Å². The number of likely N-dealkylation sites (tertiary alicyclic amines) is 1. The third-order valence-electron chi connectivity index (χ3n) is 3.85. The summed E-state index contributed by atoms with van der Waals surface area (Å²) < 4.78 is 5.64. The second-order valence-corrected chi connectivity index (χ2v) is 6.96. The van der Waals surface area contributed by atoms with Gasteiger partial charge in [-0.05, 0) is 40.0 Å². The lowest BCUT2D eigenvalue weighted by Gasteiger charge is -2.18. The van der Waals surface area contributed by atoms with Crippen molar-refractivity contribution in [3.05, 3.63) is 5.89 Å². The van der Waals surface area contributed by atoms with Crippen LogP contribution in [0.25, 0.3) is 0 Å². The molecule has 20 heavy (non-hydrogen) atoms. The zero-order chi connectivity index (χ0) is 14.2. The molecule has 112 valence electrons. The Morgan fingerprint density at radius 3 is 2.75 bits per heavy atom. The van der Waals surface area contributed by atoms with Crippen LogP contribution in [0.15, 0.2) is 4.42 Å². The minimum atomic E-state index is 0.0538. The van der Waals surface area contributed by atoms with E-state index in [1.54, 1.807) is 0 Å². The Kier molecular flexibility index (Phi) is 3.69. The van der Waals surface area contributed by atoms with Crippen molar-refractivity contribution in [2.45, 2.75) is 64.2 Å². The number of rotatable bonds is 5. The van der Waals surface area contributed by atoms with Crippen LogP contribution in [-0.2, 0) is 6.54 Å². The van der Waals surface area contributed by atoms with E-state index in [0.717, 1.165) is 19.0 Å². The van der Waals surface area contributed by atoms with Gasteiger partial charge in [-0.15, -0.1) is 5.10 Å². The van der Waals surface area contributed by atoms with E-state index >= 15 is 0 Å². The van der Waals surface area contributed by atoms with Gasteiger partial charge in [-0.25, -0.2) is 0 Å². The molecular weight excluding hydrogens is 254 g/mol. The quantitative estimate of drug-likeness (QED) is 0.853. The normalized spacial score (nSPS) is 24.2. The number of nitrogens with one attached hydrogen (secondary N) is 2. The van der Waals surface area contributed by atoms with Crippen molar-refractivity contribution in [3.8, 4) is 0 Å². The first kappa shape index (κ1) is 13.8. The summed E-state index contributed by atoms with van der Waals surface area (Å²) in [6, 6.07) is 1.84. The second-order valence-electron chi connectivity index (χ2n) is 6.96. The zero-order valence-electron chi connectivity index (χ0n) is 12.6. The van der Waals surface area contributed by atoms with Gasteiger partial charge in [0.25, 0.3) is 0 Å². The van der Waals surface area contributed by atoms with E-state index in [4.69, 9.17) is 4.42 Å². The molecule has 1 aliphatic carbocycles. The number of hydrogen-bond donors (Lipinski definition) is 2. The smallest absolute Gasteiger partial charge is 0.315 e. The summed E-state index contributed by atoms with van der Waals surface area (Å²) in [7, 11) is 0.